The molecule has 2 aliphatic carbocycles. The minimum atomic E-state index is -3.60. The van der Waals surface area contributed by atoms with Crippen molar-refractivity contribution in [2.75, 3.05) is 26.8 Å². The van der Waals surface area contributed by atoms with Crippen LogP contribution in [0.4, 0.5) is 9.18 Å². The molecule has 1 aromatic rings. The summed E-state index contributed by atoms with van der Waals surface area (Å²) in [6.07, 6.45) is 6.79. The average Bonchev–Trinajstić information content (AvgIpc) is 3.41. The first-order valence-electron chi connectivity index (χ1n) is 12.0. The van der Waals surface area contributed by atoms with Gasteiger partial charge in [0.2, 0.25) is 0 Å². The first kappa shape index (κ1) is 23.8. The van der Waals surface area contributed by atoms with Crippen LogP contribution in [-0.4, -0.2) is 84.7 Å². The Hall–Kier alpha value is -1.89. The van der Waals surface area contributed by atoms with Crippen LogP contribution < -0.4 is 4.72 Å². The van der Waals surface area contributed by atoms with Crippen molar-refractivity contribution >= 4 is 16.3 Å². The molecule has 1 aromatic heterocycles. The molecule has 3 heterocycles. The molecule has 5 rings (SSSR count). The Morgan fingerprint density at radius 1 is 1.29 bits per heavy atom. The Labute approximate surface area is 199 Å². The van der Waals surface area contributed by atoms with Crippen LogP contribution in [-0.2, 0) is 25.1 Å². The van der Waals surface area contributed by atoms with Gasteiger partial charge in [-0.1, -0.05) is 0 Å². The van der Waals surface area contributed by atoms with Crippen molar-refractivity contribution in [3.63, 3.8) is 0 Å². The van der Waals surface area contributed by atoms with Crippen LogP contribution in [0.15, 0.2) is 12.4 Å². The van der Waals surface area contributed by atoms with Gasteiger partial charge in [-0.05, 0) is 51.4 Å². The monoisotopic (exact) mass is 497 g/mol. The van der Waals surface area contributed by atoms with Gasteiger partial charge in [0.05, 0.1) is 38.3 Å². The fourth-order valence-electron chi connectivity index (χ4n) is 5.89. The predicted octanol–water partition coefficient (Wildman–Crippen LogP) is 1.58. The van der Waals surface area contributed by atoms with Crippen molar-refractivity contribution in [1.29, 1.82) is 0 Å². The van der Waals surface area contributed by atoms with E-state index in [0.717, 1.165) is 32.1 Å². The molecule has 6 atom stereocenters. The van der Waals surface area contributed by atoms with Crippen molar-refractivity contribution in [2.45, 2.75) is 75.1 Å². The van der Waals surface area contributed by atoms with Gasteiger partial charge in [-0.25, -0.2) is 19.2 Å². The third-order valence-electron chi connectivity index (χ3n) is 7.99. The molecule has 1 N–H and O–H groups in total. The predicted molar refractivity (Wildman–Crippen MR) is 120 cm³/mol. The highest BCUT2D eigenvalue weighted by Crippen LogP contribution is 2.61. The lowest BCUT2D eigenvalue weighted by Crippen LogP contribution is -2.55. The van der Waals surface area contributed by atoms with Gasteiger partial charge >= 0.3 is 6.09 Å². The first-order valence-corrected chi connectivity index (χ1v) is 13.4. The number of halogens is 1. The van der Waals surface area contributed by atoms with Crippen LogP contribution in [0.2, 0.25) is 0 Å². The Kier molecular flexibility index (Phi) is 6.28. The molecule has 0 unspecified atom stereocenters. The van der Waals surface area contributed by atoms with E-state index >= 15 is 0 Å². The molecule has 0 aromatic carbocycles. The van der Waals surface area contributed by atoms with Crippen LogP contribution in [0.25, 0.3) is 0 Å². The van der Waals surface area contributed by atoms with E-state index < -0.39 is 34.2 Å². The van der Waals surface area contributed by atoms with E-state index in [1.807, 2.05) is 6.92 Å². The number of carbonyl (C=O) groups is 1. The zero-order valence-electron chi connectivity index (χ0n) is 19.5. The second-order valence-electron chi connectivity index (χ2n) is 10.0. The van der Waals surface area contributed by atoms with Crippen LogP contribution in [0.1, 0.15) is 51.3 Å². The lowest BCUT2D eigenvalue weighted by atomic mass is 9.86. The molecule has 2 aliphatic heterocycles. The minimum absolute atomic E-state index is 0.00381. The minimum Gasteiger partial charge on any atom is -0.453 e. The summed E-state index contributed by atoms with van der Waals surface area (Å²) >= 11 is 0. The lowest BCUT2D eigenvalue weighted by molar-refractivity contribution is -0.0104. The Bertz CT molecular complexity index is 1020. The summed E-state index contributed by atoms with van der Waals surface area (Å²) in [6.45, 7) is 3.15. The summed E-state index contributed by atoms with van der Waals surface area (Å²) in [6, 6.07) is -1.08. The summed E-state index contributed by atoms with van der Waals surface area (Å²) in [7, 11) is -2.27. The highest BCUT2D eigenvalue weighted by molar-refractivity contribution is 7.87. The number of aromatic nitrogens is 2. The number of fused-ring (bicyclic) bond motifs is 1. The van der Waals surface area contributed by atoms with Crippen LogP contribution in [0.3, 0.4) is 0 Å². The van der Waals surface area contributed by atoms with Gasteiger partial charge < -0.3 is 9.47 Å². The first-order chi connectivity index (χ1) is 16.2. The zero-order chi connectivity index (χ0) is 24.1. The number of amides is 1. The van der Waals surface area contributed by atoms with Gasteiger partial charge in [0.25, 0.3) is 10.2 Å². The van der Waals surface area contributed by atoms with Gasteiger partial charge in [0.1, 0.15) is 5.82 Å². The van der Waals surface area contributed by atoms with E-state index in [1.165, 1.54) is 23.8 Å². The number of methoxy groups -OCH3 is 1. The average molecular weight is 498 g/mol. The normalized spacial score (nSPS) is 35.5. The Morgan fingerprint density at radius 3 is 2.65 bits per heavy atom. The number of hydrogen-bond acceptors (Lipinski definition) is 7. The van der Waals surface area contributed by atoms with Gasteiger partial charge in [0, 0.05) is 30.6 Å². The summed E-state index contributed by atoms with van der Waals surface area (Å²) in [4.78, 5) is 22.5. The molecule has 4 fully saturated rings. The maximum atomic E-state index is 13.2. The standard InChI is InChI=1S/C22H32FN5O5S/c1-14-8-18(26-34(30,31)27-6-3-7-27)19(28(14)21(29)32-2)13-33-17-4-5-22(10-15(22)9-17)20-24-11-16(23)12-25-20/h11-12,14-15,17-19,26H,3-10,13H2,1-2H3/t14-,15+,17-,18+,19+,22+/m1/s1. The molecule has 10 nitrogen and oxygen atoms in total. The smallest absolute Gasteiger partial charge is 0.410 e. The number of carbonyl (C=O) groups excluding carboxylic acids is 1. The van der Waals surface area contributed by atoms with Crippen molar-refractivity contribution < 1.29 is 27.1 Å². The van der Waals surface area contributed by atoms with E-state index in [9.17, 15) is 17.6 Å². The number of ether oxygens (including phenoxy) is 2. The van der Waals surface area contributed by atoms with E-state index in [1.54, 1.807) is 4.90 Å². The molecule has 34 heavy (non-hydrogen) atoms. The van der Waals surface area contributed by atoms with Crippen LogP contribution in [0.5, 0.6) is 0 Å². The number of likely N-dealkylation sites (tertiary alicyclic amines) is 1. The molecular weight excluding hydrogens is 465 g/mol. The van der Waals surface area contributed by atoms with Gasteiger partial charge in [-0.15, -0.1) is 0 Å². The van der Waals surface area contributed by atoms with Gasteiger partial charge in [0.15, 0.2) is 5.82 Å². The quantitative estimate of drug-likeness (QED) is 0.608. The van der Waals surface area contributed by atoms with Crippen molar-refractivity contribution in [2.24, 2.45) is 5.92 Å². The molecule has 12 heteroatoms. The van der Waals surface area contributed by atoms with E-state index in [2.05, 4.69) is 14.7 Å². The molecule has 188 valence electrons. The maximum absolute atomic E-state index is 13.2. The van der Waals surface area contributed by atoms with Gasteiger partial charge in [-0.2, -0.15) is 17.4 Å². The fraction of sp³-hybridized carbons (Fsp3) is 0.773. The Balaban J connectivity index is 1.23. The van der Waals surface area contributed by atoms with Crippen LogP contribution >= 0.6 is 0 Å². The number of rotatable bonds is 7. The lowest BCUT2D eigenvalue weighted by Gasteiger charge is -2.34. The van der Waals surface area contributed by atoms with E-state index in [4.69, 9.17) is 9.47 Å². The highest BCUT2D eigenvalue weighted by Gasteiger charge is 2.60. The number of nitrogens with one attached hydrogen (secondary N) is 1. The molecule has 1 amide bonds. The second kappa shape index (κ2) is 8.96. The van der Waals surface area contributed by atoms with E-state index in [0.29, 0.717) is 31.3 Å². The van der Waals surface area contributed by atoms with Crippen molar-refractivity contribution in [1.82, 2.24) is 23.9 Å². The SMILES string of the molecule is COC(=O)N1[C@H](C)C[C@H](NS(=O)(=O)N2CCC2)[C@@H]1CO[C@@H]1CC[C@]2(c3ncc(F)cn3)C[C@@H]2C1. The van der Waals surface area contributed by atoms with Crippen molar-refractivity contribution in [3.05, 3.63) is 24.0 Å². The summed E-state index contributed by atoms with van der Waals surface area (Å²) in [5.41, 5.74) is -0.0805. The number of nitrogens with zero attached hydrogens (tertiary/aromatic N) is 4. The summed E-state index contributed by atoms with van der Waals surface area (Å²) in [5.74, 6) is 0.658. The number of hydrogen-bond donors (Lipinski definition) is 1. The molecule has 2 saturated heterocycles. The summed E-state index contributed by atoms with van der Waals surface area (Å²) < 4.78 is 54.1. The zero-order valence-corrected chi connectivity index (χ0v) is 20.3. The third-order valence-corrected chi connectivity index (χ3v) is 9.64. The second-order valence-corrected chi connectivity index (χ2v) is 11.7. The Morgan fingerprint density at radius 2 is 2.03 bits per heavy atom. The highest BCUT2D eigenvalue weighted by atomic mass is 32.2. The third kappa shape index (κ3) is 4.29. The topological polar surface area (TPSA) is 114 Å². The molecule has 0 bridgehead atoms. The maximum Gasteiger partial charge on any atom is 0.410 e. The molecule has 4 aliphatic rings. The molecule has 2 saturated carbocycles. The van der Waals surface area contributed by atoms with Crippen molar-refractivity contribution in [3.8, 4) is 0 Å². The molecule has 0 radical (unpaired) electrons. The van der Waals surface area contributed by atoms with Crippen LogP contribution in [0, 0.1) is 11.7 Å². The fourth-order valence-corrected chi connectivity index (χ4v) is 7.41. The molecule has 0 spiro atoms. The molecular formula is C22H32FN5O5S. The van der Waals surface area contributed by atoms with E-state index in [-0.39, 0.29) is 24.2 Å². The van der Waals surface area contributed by atoms with Gasteiger partial charge in [-0.3, -0.25) is 4.90 Å². The largest absolute Gasteiger partial charge is 0.453 e. The summed E-state index contributed by atoms with van der Waals surface area (Å²) in [5, 5.41) is 0.